The molecule has 1 aromatic rings. The van der Waals surface area contributed by atoms with E-state index in [1.54, 1.807) is 11.3 Å². The third kappa shape index (κ3) is 10.9. The first-order chi connectivity index (χ1) is 11.4. The molecule has 0 bridgehead atoms. The van der Waals surface area contributed by atoms with Crippen LogP contribution in [0.2, 0.25) is 0 Å². The van der Waals surface area contributed by atoms with Gasteiger partial charge in [0.2, 0.25) is 5.91 Å². The van der Waals surface area contributed by atoms with Crippen LogP contribution in [0, 0.1) is 0 Å². The lowest BCUT2D eigenvalue weighted by molar-refractivity contribution is -0.120. The molecule has 0 aliphatic carbocycles. The molecule has 0 atom stereocenters. The quantitative estimate of drug-likeness (QED) is 0.447. The van der Waals surface area contributed by atoms with Crippen molar-refractivity contribution < 1.29 is 33.5 Å². The Morgan fingerprint density at radius 3 is 1.64 bits per heavy atom. The van der Waals surface area contributed by atoms with E-state index in [1.807, 2.05) is 36.7 Å². The number of thiophene rings is 1. The van der Waals surface area contributed by atoms with E-state index in [9.17, 15) is 13.9 Å². The second-order valence-electron chi connectivity index (χ2n) is 5.16. The minimum atomic E-state index is -4.77. The maximum absolute atomic E-state index is 10.7. The average Bonchev–Trinajstić information content (AvgIpc) is 3.09. The maximum Gasteiger partial charge on any atom is 0.343 e. The lowest BCUT2D eigenvalue weighted by atomic mass is 10.4. The van der Waals surface area contributed by atoms with Crippen molar-refractivity contribution >= 4 is 32.4 Å². The van der Waals surface area contributed by atoms with Gasteiger partial charge in [-0.05, 0) is 30.5 Å². The maximum atomic E-state index is 10.7. The van der Waals surface area contributed by atoms with Gasteiger partial charge in [-0.2, -0.15) is 11.3 Å². The normalized spacial score (nSPS) is 11.5. The van der Waals surface area contributed by atoms with E-state index in [4.69, 9.17) is 19.6 Å². The standard InChI is InChI=1S/C6H13NO.C4H12O6P2.C4H4S/c1-3-5-7-6(8)4-2;1-3-4(2,11(5,6)7)12(8,9)10;1-2-4-5-3-1/h3-5H2,1-2H3,(H,7,8);3H2,1-2H3,(H2,5,6,7)(H2,8,9,10);1-4H. The molecule has 0 saturated heterocycles. The van der Waals surface area contributed by atoms with Gasteiger partial charge < -0.3 is 24.9 Å². The van der Waals surface area contributed by atoms with Crippen LogP contribution < -0.4 is 5.32 Å². The van der Waals surface area contributed by atoms with Gasteiger partial charge in [0.15, 0.2) is 4.90 Å². The van der Waals surface area contributed by atoms with Crippen molar-refractivity contribution in [3.63, 3.8) is 0 Å². The molecule has 0 aliphatic rings. The molecule has 0 radical (unpaired) electrons. The average molecular weight is 417 g/mol. The van der Waals surface area contributed by atoms with Gasteiger partial charge in [-0.1, -0.05) is 32.9 Å². The number of nitrogens with one attached hydrogen (secondary N) is 1. The summed E-state index contributed by atoms with van der Waals surface area (Å²) >= 11 is 1.71. The van der Waals surface area contributed by atoms with Crippen molar-refractivity contribution in [3.8, 4) is 0 Å². The largest absolute Gasteiger partial charge is 0.356 e. The highest BCUT2D eigenvalue weighted by molar-refractivity contribution is 7.72. The number of hydrogen-bond donors (Lipinski definition) is 5. The molecule has 1 aromatic heterocycles. The highest BCUT2D eigenvalue weighted by Gasteiger charge is 2.54. The molecule has 0 fully saturated rings. The van der Waals surface area contributed by atoms with Gasteiger partial charge in [0.25, 0.3) is 0 Å². The first-order valence-electron chi connectivity index (χ1n) is 7.72. The number of hydrogen-bond acceptors (Lipinski definition) is 4. The summed E-state index contributed by atoms with van der Waals surface area (Å²) in [4.78, 5) is 43.0. The zero-order valence-corrected chi connectivity index (χ0v) is 17.6. The van der Waals surface area contributed by atoms with Gasteiger partial charge in [0.1, 0.15) is 0 Å². The van der Waals surface area contributed by atoms with Gasteiger partial charge >= 0.3 is 15.2 Å². The van der Waals surface area contributed by atoms with Crippen molar-refractivity contribution in [1.29, 1.82) is 0 Å². The Morgan fingerprint density at radius 2 is 1.48 bits per heavy atom. The molecule has 0 unspecified atom stereocenters. The van der Waals surface area contributed by atoms with Crippen LogP contribution in [0.4, 0.5) is 0 Å². The van der Waals surface area contributed by atoms with Gasteiger partial charge in [0.05, 0.1) is 0 Å². The molecule has 1 rings (SSSR count). The summed E-state index contributed by atoms with van der Waals surface area (Å²) in [5.41, 5.74) is 0. The van der Waals surface area contributed by atoms with E-state index in [1.165, 1.54) is 6.92 Å². The first-order valence-corrected chi connectivity index (χ1v) is 11.9. The monoisotopic (exact) mass is 417 g/mol. The van der Waals surface area contributed by atoms with E-state index >= 15 is 0 Å². The van der Waals surface area contributed by atoms with Gasteiger partial charge in [-0.3, -0.25) is 13.9 Å². The van der Waals surface area contributed by atoms with Crippen molar-refractivity contribution in [2.24, 2.45) is 0 Å². The summed E-state index contributed by atoms with van der Waals surface area (Å²) < 4.78 is 21.5. The Balaban J connectivity index is 0. The van der Waals surface area contributed by atoms with Gasteiger partial charge in [0, 0.05) is 13.0 Å². The van der Waals surface area contributed by atoms with E-state index < -0.39 is 20.1 Å². The van der Waals surface area contributed by atoms with E-state index in [-0.39, 0.29) is 12.3 Å². The fourth-order valence-corrected chi connectivity index (χ4v) is 3.83. The molecule has 0 spiro atoms. The molecule has 1 amide bonds. The van der Waals surface area contributed by atoms with Gasteiger partial charge in [-0.15, -0.1) is 0 Å². The van der Waals surface area contributed by atoms with E-state index in [2.05, 4.69) is 5.32 Å². The minimum absolute atomic E-state index is 0.145. The molecule has 1 heterocycles. The minimum Gasteiger partial charge on any atom is -0.356 e. The molecule has 11 heteroatoms. The predicted molar refractivity (Wildman–Crippen MR) is 101 cm³/mol. The van der Waals surface area contributed by atoms with E-state index in [0.29, 0.717) is 6.42 Å². The third-order valence-corrected chi connectivity index (χ3v) is 8.58. The molecule has 0 aromatic carbocycles. The van der Waals surface area contributed by atoms with Crippen molar-refractivity contribution in [2.45, 2.75) is 51.9 Å². The Morgan fingerprint density at radius 1 is 1.04 bits per heavy atom. The van der Waals surface area contributed by atoms with Crippen LogP contribution in [0.25, 0.3) is 0 Å². The fourth-order valence-electron chi connectivity index (χ4n) is 1.20. The first kappa shape index (κ1) is 26.7. The second-order valence-corrected chi connectivity index (χ2v) is 10.5. The number of amides is 1. The lowest BCUT2D eigenvalue weighted by Crippen LogP contribution is -2.23. The van der Waals surface area contributed by atoms with Crippen LogP contribution in [0.3, 0.4) is 0 Å². The molecule has 5 N–H and O–H groups in total. The van der Waals surface area contributed by atoms with Gasteiger partial charge in [-0.25, -0.2) is 0 Å². The predicted octanol–water partition coefficient (Wildman–Crippen LogP) is 3.14. The van der Waals surface area contributed by atoms with E-state index in [0.717, 1.165) is 19.9 Å². The van der Waals surface area contributed by atoms with Crippen LogP contribution in [0.5, 0.6) is 0 Å². The molecule has 148 valence electrons. The SMILES string of the molecule is CCC(C)(P(=O)(O)O)P(=O)(O)O.CCCNC(=O)CC.c1ccsc1. The van der Waals surface area contributed by atoms with Crippen molar-refractivity contribution in [1.82, 2.24) is 5.32 Å². The zero-order chi connectivity index (χ0) is 20.1. The Bertz CT molecular complexity index is 514. The topological polar surface area (TPSA) is 144 Å². The zero-order valence-electron chi connectivity index (χ0n) is 15.0. The summed E-state index contributed by atoms with van der Waals surface area (Å²) in [6.07, 6.45) is 1.34. The Hall–Kier alpha value is -0.530. The highest BCUT2D eigenvalue weighted by atomic mass is 32.1. The molecule has 0 saturated carbocycles. The number of carbonyl (C=O) groups excluding carboxylic acids is 1. The summed E-state index contributed by atoms with van der Waals surface area (Å²) in [5, 5.41) is 6.83. The summed E-state index contributed by atoms with van der Waals surface area (Å²) in [6.45, 7) is 6.90. The Labute approximate surface area is 153 Å². The van der Waals surface area contributed by atoms with Crippen LogP contribution in [-0.2, 0) is 13.9 Å². The van der Waals surface area contributed by atoms with Crippen LogP contribution in [-0.4, -0.2) is 36.9 Å². The van der Waals surface area contributed by atoms with Crippen molar-refractivity contribution in [3.05, 3.63) is 22.9 Å². The second kappa shape index (κ2) is 12.8. The molecule has 8 nitrogen and oxygen atoms in total. The highest BCUT2D eigenvalue weighted by Crippen LogP contribution is 2.70. The number of rotatable bonds is 6. The smallest absolute Gasteiger partial charge is 0.343 e. The molecular weight excluding hydrogens is 388 g/mol. The van der Waals surface area contributed by atoms with Crippen LogP contribution in [0.15, 0.2) is 22.9 Å². The molecular formula is C14H29NO7P2S. The Kier molecular flexibility index (Phi) is 13.6. The molecule has 25 heavy (non-hydrogen) atoms. The van der Waals surface area contributed by atoms with Crippen LogP contribution in [0.1, 0.15) is 47.0 Å². The molecule has 0 aliphatic heterocycles. The summed E-state index contributed by atoms with van der Waals surface area (Å²) in [5.74, 6) is 0.145. The third-order valence-electron chi connectivity index (χ3n) is 3.24. The van der Waals surface area contributed by atoms with Crippen LogP contribution >= 0.6 is 26.5 Å². The number of carbonyl (C=O) groups is 1. The fraction of sp³-hybridized carbons (Fsp3) is 0.643. The lowest BCUT2D eigenvalue weighted by Gasteiger charge is -2.29. The summed E-state index contributed by atoms with van der Waals surface area (Å²) in [6, 6.07) is 4.04. The van der Waals surface area contributed by atoms with Crippen molar-refractivity contribution in [2.75, 3.05) is 6.54 Å². The summed E-state index contributed by atoms with van der Waals surface area (Å²) in [7, 11) is -9.54.